The summed E-state index contributed by atoms with van der Waals surface area (Å²) in [5.41, 5.74) is 2.04. The molecule has 4 rings (SSSR count). The summed E-state index contributed by atoms with van der Waals surface area (Å²) in [4.78, 5) is 27.9. The van der Waals surface area contributed by atoms with Gasteiger partial charge < -0.3 is 9.80 Å². The summed E-state index contributed by atoms with van der Waals surface area (Å²) in [5, 5.41) is 0. The van der Waals surface area contributed by atoms with Gasteiger partial charge in [-0.05, 0) is 43.2 Å². The van der Waals surface area contributed by atoms with Gasteiger partial charge in [-0.1, -0.05) is 24.3 Å². The Hall–Kier alpha value is -2.87. The van der Waals surface area contributed by atoms with Crippen LogP contribution in [0, 0.1) is 0 Å². The lowest BCUT2D eigenvalue weighted by Gasteiger charge is -2.34. The number of nitrogens with zero attached hydrogens (tertiary/aromatic N) is 3. The van der Waals surface area contributed by atoms with Gasteiger partial charge in [0, 0.05) is 44.7 Å². The molecule has 0 spiro atoms. The number of para-hydroxylation sites is 1. The highest BCUT2D eigenvalue weighted by atomic mass is 32.2. The van der Waals surface area contributed by atoms with E-state index in [1.54, 1.807) is 21.9 Å². The molecule has 0 aliphatic carbocycles. The second-order valence-corrected chi connectivity index (χ2v) is 9.62. The van der Waals surface area contributed by atoms with Crippen molar-refractivity contribution in [3.63, 3.8) is 0 Å². The lowest BCUT2D eigenvalue weighted by Crippen LogP contribution is -2.50. The zero-order valence-corrected chi connectivity index (χ0v) is 17.9. The molecule has 2 aromatic rings. The molecule has 2 heterocycles. The zero-order chi connectivity index (χ0) is 21.5. The van der Waals surface area contributed by atoms with Crippen LogP contribution in [0.2, 0.25) is 0 Å². The molecule has 2 aliphatic rings. The van der Waals surface area contributed by atoms with E-state index in [2.05, 4.69) is 0 Å². The summed E-state index contributed by atoms with van der Waals surface area (Å²) in [6, 6.07) is 13.6. The van der Waals surface area contributed by atoms with Crippen LogP contribution in [0.5, 0.6) is 0 Å². The highest BCUT2D eigenvalue weighted by Crippen LogP contribution is 2.36. The number of rotatable bonds is 3. The topological polar surface area (TPSA) is 78.0 Å². The van der Waals surface area contributed by atoms with Gasteiger partial charge in [0.2, 0.25) is 5.91 Å². The predicted octanol–water partition coefficient (Wildman–Crippen LogP) is 2.13. The molecular weight excluding hydrogens is 402 g/mol. The summed E-state index contributed by atoms with van der Waals surface area (Å²) in [7, 11) is -3.80. The standard InChI is InChI=1S/C22H25N3O4S/c1-16-14-18-6-3-4-9-21(18)25(16)30(28,29)20-8-5-7-19(15-20)22(27)24-12-10-23(11-13-24)17(2)26/h3-9,15-16H,10-14H2,1-2H3/t16-/m1/s1. The predicted molar refractivity (Wildman–Crippen MR) is 114 cm³/mol. The van der Waals surface area contributed by atoms with Gasteiger partial charge in [0.25, 0.3) is 15.9 Å². The minimum Gasteiger partial charge on any atom is -0.339 e. The van der Waals surface area contributed by atoms with Crippen LogP contribution in [0.3, 0.4) is 0 Å². The van der Waals surface area contributed by atoms with Crippen LogP contribution in [0.1, 0.15) is 29.8 Å². The number of fused-ring (bicyclic) bond motifs is 1. The minimum atomic E-state index is -3.80. The summed E-state index contributed by atoms with van der Waals surface area (Å²) in [5.74, 6) is -0.222. The van der Waals surface area contributed by atoms with E-state index in [1.807, 2.05) is 31.2 Å². The molecular formula is C22H25N3O4S. The minimum absolute atomic E-state index is 0.00444. The monoisotopic (exact) mass is 427 g/mol. The molecule has 2 aliphatic heterocycles. The van der Waals surface area contributed by atoms with Gasteiger partial charge in [-0.3, -0.25) is 13.9 Å². The van der Waals surface area contributed by atoms with Crippen LogP contribution in [0.25, 0.3) is 0 Å². The van der Waals surface area contributed by atoms with Gasteiger partial charge in [0.1, 0.15) is 0 Å². The van der Waals surface area contributed by atoms with E-state index in [0.29, 0.717) is 43.9 Å². The summed E-state index contributed by atoms with van der Waals surface area (Å²) in [6.45, 7) is 5.25. The smallest absolute Gasteiger partial charge is 0.264 e. The lowest BCUT2D eigenvalue weighted by molar-refractivity contribution is -0.130. The number of amides is 2. The Balaban J connectivity index is 1.59. The fourth-order valence-electron chi connectivity index (χ4n) is 4.21. The quantitative estimate of drug-likeness (QED) is 0.752. The van der Waals surface area contributed by atoms with Crippen LogP contribution in [-0.4, -0.2) is 62.3 Å². The molecule has 0 saturated carbocycles. The van der Waals surface area contributed by atoms with Crippen molar-refractivity contribution in [3.05, 3.63) is 59.7 Å². The number of carbonyl (C=O) groups excluding carboxylic acids is 2. The highest BCUT2D eigenvalue weighted by molar-refractivity contribution is 7.92. The molecule has 1 fully saturated rings. The Labute approximate surface area is 176 Å². The molecule has 8 heteroatoms. The summed E-state index contributed by atoms with van der Waals surface area (Å²) in [6.07, 6.45) is 0.661. The van der Waals surface area contributed by atoms with E-state index in [1.165, 1.54) is 23.4 Å². The van der Waals surface area contributed by atoms with Crippen molar-refractivity contribution < 1.29 is 18.0 Å². The average molecular weight is 428 g/mol. The first-order valence-electron chi connectivity index (χ1n) is 10.1. The fraction of sp³-hybridized carbons (Fsp3) is 0.364. The molecule has 0 unspecified atom stereocenters. The van der Waals surface area contributed by atoms with E-state index in [0.717, 1.165) is 5.56 Å². The second-order valence-electron chi connectivity index (χ2n) is 7.81. The van der Waals surface area contributed by atoms with E-state index < -0.39 is 10.0 Å². The van der Waals surface area contributed by atoms with Crippen molar-refractivity contribution in [3.8, 4) is 0 Å². The Bertz CT molecular complexity index is 1090. The Morgan fingerprint density at radius 1 is 0.933 bits per heavy atom. The Kier molecular flexibility index (Phi) is 5.27. The van der Waals surface area contributed by atoms with E-state index in [-0.39, 0.29) is 22.8 Å². The third-order valence-corrected chi connectivity index (χ3v) is 7.72. The van der Waals surface area contributed by atoms with Crippen molar-refractivity contribution in [2.24, 2.45) is 0 Å². The first-order valence-corrected chi connectivity index (χ1v) is 11.5. The maximum Gasteiger partial charge on any atom is 0.264 e. The lowest BCUT2D eigenvalue weighted by atomic mass is 10.1. The van der Waals surface area contributed by atoms with Gasteiger partial charge in [-0.15, -0.1) is 0 Å². The first kappa shape index (κ1) is 20.4. The molecule has 0 radical (unpaired) electrons. The van der Waals surface area contributed by atoms with Crippen LogP contribution in [-0.2, 0) is 21.2 Å². The Morgan fingerprint density at radius 2 is 1.60 bits per heavy atom. The number of hydrogen-bond donors (Lipinski definition) is 0. The molecule has 1 saturated heterocycles. The Morgan fingerprint density at radius 3 is 2.30 bits per heavy atom. The molecule has 0 aromatic heterocycles. The van der Waals surface area contributed by atoms with Crippen molar-refractivity contribution >= 4 is 27.5 Å². The van der Waals surface area contributed by atoms with Crippen molar-refractivity contribution in [2.45, 2.75) is 31.2 Å². The molecule has 0 N–H and O–H groups in total. The number of anilines is 1. The largest absolute Gasteiger partial charge is 0.339 e. The van der Waals surface area contributed by atoms with Crippen molar-refractivity contribution in [2.75, 3.05) is 30.5 Å². The third-order valence-electron chi connectivity index (χ3n) is 5.79. The third kappa shape index (κ3) is 3.56. The van der Waals surface area contributed by atoms with Gasteiger partial charge in [0.05, 0.1) is 10.6 Å². The number of carbonyl (C=O) groups is 2. The van der Waals surface area contributed by atoms with E-state index in [9.17, 15) is 18.0 Å². The van der Waals surface area contributed by atoms with Crippen molar-refractivity contribution in [1.82, 2.24) is 9.80 Å². The number of piperazine rings is 1. The van der Waals surface area contributed by atoms with Crippen LogP contribution >= 0.6 is 0 Å². The van der Waals surface area contributed by atoms with Crippen LogP contribution < -0.4 is 4.31 Å². The fourth-order valence-corrected chi connectivity index (χ4v) is 5.95. The molecule has 2 amide bonds. The highest BCUT2D eigenvalue weighted by Gasteiger charge is 2.36. The molecule has 30 heavy (non-hydrogen) atoms. The SMILES string of the molecule is CC(=O)N1CCN(C(=O)c2cccc(S(=O)(=O)N3c4ccccc4C[C@H]3C)c2)CC1. The van der Waals surface area contributed by atoms with Gasteiger partial charge >= 0.3 is 0 Å². The van der Waals surface area contributed by atoms with Gasteiger partial charge in [-0.2, -0.15) is 0 Å². The maximum absolute atomic E-state index is 13.4. The number of benzene rings is 2. The van der Waals surface area contributed by atoms with Gasteiger partial charge in [-0.25, -0.2) is 8.42 Å². The van der Waals surface area contributed by atoms with Crippen LogP contribution in [0.4, 0.5) is 5.69 Å². The summed E-state index contributed by atoms with van der Waals surface area (Å²) >= 11 is 0. The van der Waals surface area contributed by atoms with Crippen molar-refractivity contribution in [1.29, 1.82) is 0 Å². The average Bonchev–Trinajstić information content (AvgIpc) is 3.09. The maximum atomic E-state index is 13.4. The van der Waals surface area contributed by atoms with Crippen LogP contribution in [0.15, 0.2) is 53.4 Å². The van der Waals surface area contributed by atoms with Gasteiger partial charge in [0.15, 0.2) is 0 Å². The molecule has 158 valence electrons. The number of hydrogen-bond acceptors (Lipinski definition) is 4. The molecule has 1 atom stereocenters. The number of sulfonamides is 1. The van der Waals surface area contributed by atoms with E-state index >= 15 is 0 Å². The summed E-state index contributed by atoms with van der Waals surface area (Å²) < 4.78 is 28.3. The molecule has 2 aromatic carbocycles. The van der Waals surface area contributed by atoms with E-state index in [4.69, 9.17) is 0 Å². The molecule has 7 nitrogen and oxygen atoms in total. The zero-order valence-electron chi connectivity index (χ0n) is 17.1. The first-order chi connectivity index (χ1) is 14.3. The normalized spacial score (nSPS) is 19.0. The molecule has 0 bridgehead atoms. The second kappa shape index (κ2) is 7.75.